The minimum absolute atomic E-state index is 0.585. The molecule has 5 nitrogen and oxygen atoms in total. The van der Waals surface area contributed by atoms with E-state index in [0.717, 1.165) is 40.2 Å². The normalized spacial score (nSPS) is 10.8. The number of fused-ring (bicyclic) bond motifs is 1. The molecule has 2 heterocycles. The van der Waals surface area contributed by atoms with Crippen LogP contribution in [-0.2, 0) is 0 Å². The summed E-state index contributed by atoms with van der Waals surface area (Å²) in [6, 6.07) is 10.1. The standard InChI is InChI=1S/C17H19N5S/c1-2-3-9-20-16-14(18)17(22-11-21-16)23-13-8-4-6-12-7-5-10-19-15(12)13/h4-8,10-11H,2-3,9,18H2,1H3,(H,20,21,22). The first-order chi connectivity index (χ1) is 11.3. The summed E-state index contributed by atoms with van der Waals surface area (Å²) in [6.07, 6.45) is 5.55. The van der Waals surface area contributed by atoms with Gasteiger partial charge >= 0.3 is 0 Å². The zero-order valence-corrected chi connectivity index (χ0v) is 13.8. The van der Waals surface area contributed by atoms with Gasteiger partial charge in [-0.2, -0.15) is 0 Å². The lowest BCUT2D eigenvalue weighted by Crippen LogP contribution is -2.07. The van der Waals surface area contributed by atoms with Crippen molar-refractivity contribution in [3.63, 3.8) is 0 Å². The monoisotopic (exact) mass is 325 g/mol. The number of anilines is 2. The van der Waals surface area contributed by atoms with Crippen LogP contribution >= 0.6 is 11.8 Å². The van der Waals surface area contributed by atoms with Crippen molar-refractivity contribution in [3.8, 4) is 0 Å². The van der Waals surface area contributed by atoms with Gasteiger partial charge in [0.25, 0.3) is 0 Å². The van der Waals surface area contributed by atoms with E-state index in [1.165, 1.54) is 11.8 Å². The second kappa shape index (κ2) is 7.28. The Morgan fingerprint density at radius 3 is 2.87 bits per heavy atom. The molecule has 0 radical (unpaired) electrons. The first kappa shape index (κ1) is 15.6. The summed E-state index contributed by atoms with van der Waals surface area (Å²) in [7, 11) is 0. The first-order valence-corrected chi connectivity index (χ1v) is 8.47. The van der Waals surface area contributed by atoms with Crippen LogP contribution in [0.2, 0.25) is 0 Å². The smallest absolute Gasteiger partial charge is 0.153 e. The molecule has 118 valence electrons. The molecule has 0 fully saturated rings. The molecule has 0 amide bonds. The number of benzene rings is 1. The molecule has 3 rings (SSSR count). The van der Waals surface area contributed by atoms with Gasteiger partial charge < -0.3 is 11.1 Å². The zero-order chi connectivity index (χ0) is 16.1. The highest BCUT2D eigenvalue weighted by atomic mass is 32.2. The highest BCUT2D eigenvalue weighted by molar-refractivity contribution is 7.99. The Labute approximate surface area is 139 Å². The molecule has 0 saturated carbocycles. The van der Waals surface area contributed by atoms with Gasteiger partial charge in [0.2, 0.25) is 0 Å². The summed E-state index contributed by atoms with van der Waals surface area (Å²) < 4.78 is 0. The van der Waals surface area contributed by atoms with Crippen LogP contribution in [0.5, 0.6) is 0 Å². The summed E-state index contributed by atoms with van der Waals surface area (Å²) in [6.45, 7) is 3.01. The van der Waals surface area contributed by atoms with Gasteiger partial charge in [-0.05, 0) is 18.6 Å². The van der Waals surface area contributed by atoms with Crippen LogP contribution in [0.3, 0.4) is 0 Å². The van der Waals surface area contributed by atoms with E-state index >= 15 is 0 Å². The maximum absolute atomic E-state index is 6.23. The highest BCUT2D eigenvalue weighted by Crippen LogP contribution is 2.35. The van der Waals surface area contributed by atoms with Crippen molar-refractivity contribution in [2.45, 2.75) is 29.7 Å². The van der Waals surface area contributed by atoms with E-state index in [9.17, 15) is 0 Å². The lowest BCUT2D eigenvalue weighted by Gasteiger charge is -2.11. The molecule has 0 aliphatic heterocycles. The van der Waals surface area contributed by atoms with Gasteiger partial charge in [0, 0.05) is 23.0 Å². The molecule has 0 atom stereocenters. The van der Waals surface area contributed by atoms with E-state index < -0.39 is 0 Å². The average Bonchev–Trinajstić information content (AvgIpc) is 2.58. The average molecular weight is 325 g/mol. The van der Waals surface area contributed by atoms with Crippen LogP contribution in [0.4, 0.5) is 11.5 Å². The van der Waals surface area contributed by atoms with Crippen LogP contribution < -0.4 is 11.1 Å². The number of pyridine rings is 1. The number of nitrogens with one attached hydrogen (secondary N) is 1. The number of hydrogen-bond donors (Lipinski definition) is 2. The van der Waals surface area contributed by atoms with Crippen molar-refractivity contribution < 1.29 is 0 Å². The van der Waals surface area contributed by atoms with Crippen LogP contribution in [0.15, 0.2) is 52.8 Å². The molecule has 0 spiro atoms. The molecule has 0 saturated heterocycles. The third kappa shape index (κ3) is 3.53. The number of nitrogens with two attached hydrogens (primary N) is 1. The third-order valence-electron chi connectivity index (χ3n) is 3.47. The lowest BCUT2D eigenvalue weighted by molar-refractivity contribution is 0.829. The van der Waals surface area contributed by atoms with E-state index in [1.807, 2.05) is 30.3 Å². The molecule has 2 aromatic heterocycles. The quantitative estimate of drug-likeness (QED) is 0.527. The molecule has 3 N–H and O–H groups in total. The number of nitrogens with zero attached hydrogens (tertiary/aromatic N) is 3. The molecular weight excluding hydrogens is 306 g/mol. The summed E-state index contributed by atoms with van der Waals surface area (Å²) in [5, 5.41) is 5.12. The number of rotatable bonds is 6. The number of hydrogen-bond acceptors (Lipinski definition) is 6. The van der Waals surface area contributed by atoms with E-state index in [2.05, 4.69) is 27.2 Å². The molecular formula is C17H19N5S. The maximum Gasteiger partial charge on any atom is 0.153 e. The van der Waals surface area contributed by atoms with Gasteiger partial charge in [-0.3, -0.25) is 4.98 Å². The second-order valence-corrected chi connectivity index (χ2v) is 6.19. The van der Waals surface area contributed by atoms with E-state index in [-0.39, 0.29) is 0 Å². The van der Waals surface area contributed by atoms with Crippen molar-refractivity contribution in [1.29, 1.82) is 0 Å². The van der Waals surface area contributed by atoms with Gasteiger partial charge in [0.15, 0.2) is 5.82 Å². The SMILES string of the molecule is CCCCNc1ncnc(Sc2cccc3cccnc23)c1N. The largest absolute Gasteiger partial charge is 0.394 e. The Hall–Kier alpha value is -2.34. The van der Waals surface area contributed by atoms with Crippen molar-refractivity contribution in [1.82, 2.24) is 15.0 Å². The summed E-state index contributed by atoms with van der Waals surface area (Å²) in [5.41, 5.74) is 7.77. The van der Waals surface area contributed by atoms with Gasteiger partial charge in [-0.25, -0.2) is 9.97 Å². The molecule has 3 aromatic rings. The Morgan fingerprint density at radius 2 is 2.00 bits per heavy atom. The summed E-state index contributed by atoms with van der Waals surface area (Å²) in [5.74, 6) is 0.698. The molecule has 0 unspecified atom stereocenters. The molecule has 6 heteroatoms. The van der Waals surface area contributed by atoms with Crippen LogP contribution in [0.1, 0.15) is 19.8 Å². The fraction of sp³-hybridized carbons (Fsp3) is 0.235. The van der Waals surface area contributed by atoms with Crippen LogP contribution in [-0.4, -0.2) is 21.5 Å². The van der Waals surface area contributed by atoms with Crippen molar-refractivity contribution in [3.05, 3.63) is 42.9 Å². The summed E-state index contributed by atoms with van der Waals surface area (Å²) >= 11 is 1.52. The lowest BCUT2D eigenvalue weighted by atomic mass is 10.2. The fourth-order valence-corrected chi connectivity index (χ4v) is 3.18. The van der Waals surface area contributed by atoms with E-state index in [1.54, 1.807) is 12.5 Å². The Kier molecular flexibility index (Phi) is 4.92. The highest BCUT2D eigenvalue weighted by Gasteiger charge is 2.11. The fourth-order valence-electron chi connectivity index (χ4n) is 2.25. The predicted octanol–water partition coefficient (Wildman–Crippen LogP) is 3.97. The molecule has 1 aromatic carbocycles. The van der Waals surface area contributed by atoms with Crippen LogP contribution in [0.25, 0.3) is 10.9 Å². The van der Waals surface area contributed by atoms with Crippen molar-refractivity contribution >= 4 is 34.2 Å². The van der Waals surface area contributed by atoms with E-state index in [0.29, 0.717) is 11.5 Å². The zero-order valence-electron chi connectivity index (χ0n) is 13.0. The number of nitrogen functional groups attached to an aromatic ring is 1. The van der Waals surface area contributed by atoms with Gasteiger partial charge in [-0.1, -0.05) is 43.3 Å². The maximum atomic E-state index is 6.23. The molecule has 0 aliphatic carbocycles. The predicted molar refractivity (Wildman–Crippen MR) is 95.7 cm³/mol. The molecule has 23 heavy (non-hydrogen) atoms. The third-order valence-corrected chi connectivity index (χ3v) is 4.54. The summed E-state index contributed by atoms with van der Waals surface area (Å²) in [4.78, 5) is 14.1. The Balaban J connectivity index is 1.89. The van der Waals surface area contributed by atoms with Gasteiger partial charge in [0.1, 0.15) is 17.0 Å². The van der Waals surface area contributed by atoms with E-state index in [4.69, 9.17) is 5.73 Å². The molecule has 0 aliphatic rings. The minimum Gasteiger partial charge on any atom is -0.394 e. The van der Waals surface area contributed by atoms with Crippen molar-refractivity contribution in [2.75, 3.05) is 17.6 Å². The van der Waals surface area contributed by atoms with Crippen molar-refractivity contribution in [2.24, 2.45) is 0 Å². The minimum atomic E-state index is 0.585. The van der Waals surface area contributed by atoms with Gasteiger partial charge in [-0.15, -0.1) is 0 Å². The first-order valence-electron chi connectivity index (χ1n) is 7.65. The number of unbranched alkanes of at least 4 members (excludes halogenated alkanes) is 1. The molecule has 0 bridgehead atoms. The second-order valence-electron chi connectivity index (χ2n) is 5.15. The van der Waals surface area contributed by atoms with Crippen LogP contribution in [0, 0.1) is 0 Å². The Bertz CT molecular complexity index is 801. The number of para-hydroxylation sites is 1. The topological polar surface area (TPSA) is 76.7 Å². The van der Waals surface area contributed by atoms with Gasteiger partial charge in [0.05, 0.1) is 5.52 Å². The number of aromatic nitrogens is 3. The Morgan fingerprint density at radius 1 is 1.13 bits per heavy atom.